The molecule has 0 bridgehead atoms. The molecule has 1 aromatic rings. The van der Waals surface area contributed by atoms with E-state index in [1.165, 1.54) is 37.7 Å². The van der Waals surface area contributed by atoms with Crippen LogP contribution in [0.2, 0.25) is 0 Å². The largest absolute Gasteiger partial charge is 0.356 e. The third-order valence-electron chi connectivity index (χ3n) is 4.67. The second-order valence-corrected chi connectivity index (χ2v) is 6.84. The van der Waals surface area contributed by atoms with Crippen LogP contribution >= 0.6 is 12.2 Å². The zero-order valence-electron chi connectivity index (χ0n) is 14.0. The fourth-order valence-electron chi connectivity index (χ4n) is 3.30. The highest BCUT2D eigenvalue weighted by Gasteiger charge is 2.16. The van der Waals surface area contributed by atoms with Gasteiger partial charge in [-0.3, -0.25) is 4.79 Å². The molecule has 0 saturated heterocycles. The molecule has 2 N–H and O–H groups in total. The van der Waals surface area contributed by atoms with Crippen LogP contribution in [0.15, 0.2) is 30.3 Å². The Morgan fingerprint density at radius 2 is 1.91 bits per heavy atom. The predicted molar refractivity (Wildman–Crippen MR) is 99.2 cm³/mol. The van der Waals surface area contributed by atoms with Crippen molar-refractivity contribution < 1.29 is 4.79 Å². The predicted octanol–water partition coefficient (Wildman–Crippen LogP) is 4.49. The third-order valence-corrected chi connectivity index (χ3v) is 4.89. The van der Waals surface area contributed by atoms with Crippen LogP contribution in [-0.2, 0) is 4.79 Å². The van der Waals surface area contributed by atoms with Gasteiger partial charge in [-0.05, 0) is 36.5 Å². The molecule has 1 aliphatic rings. The van der Waals surface area contributed by atoms with E-state index in [9.17, 15) is 4.79 Å². The first-order valence-electron chi connectivity index (χ1n) is 8.84. The number of nitrogens with one attached hydrogen (secondary N) is 2. The van der Waals surface area contributed by atoms with Crippen LogP contribution in [0, 0.1) is 5.92 Å². The van der Waals surface area contributed by atoms with Crippen molar-refractivity contribution >= 4 is 23.2 Å². The van der Waals surface area contributed by atoms with Crippen LogP contribution in [0.1, 0.15) is 69.9 Å². The highest BCUT2D eigenvalue weighted by Crippen LogP contribution is 2.27. The summed E-state index contributed by atoms with van der Waals surface area (Å²) >= 11 is 5.30. The molecule has 0 aliphatic heterocycles. The van der Waals surface area contributed by atoms with E-state index >= 15 is 0 Å². The van der Waals surface area contributed by atoms with Gasteiger partial charge in [0.15, 0.2) is 5.11 Å². The van der Waals surface area contributed by atoms with Crippen molar-refractivity contribution in [2.24, 2.45) is 5.92 Å². The van der Waals surface area contributed by atoms with E-state index in [1.807, 2.05) is 18.2 Å². The SMILES string of the molecule is CCC(NC(=S)NC(=O)CCC1CCCCC1)c1ccccc1. The lowest BCUT2D eigenvalue weighted by Gasteiger charge is -2.22. The van der Waals surface area contributed by atoms with Gasteiger partial charge in [-0.25, -0.2) is 0 Å². The normalized spacial score (nSPS) is 16.6. The Labute approximate surface area is 145 Å². The molecular formula is C19H28N2OS. The maximum Gasteiger partial charge on any atom is 0.226 e. The molecule has 1 amide bonds. The van der Waals surface area contributed by atoms with Gasteiger partial charge >= 0.3 is 0 Å². The number of rotatable bonds is 6. The van der Waals surface area contributed by atoms with Crippen LogP contribution in [0.5, 0.6) is 0 Å². The van der Waals surface area contributed by atoms with E-state index in [4.69, 9.17) is 12.2 Å². The highest BCUT2D eigenvalue weighted by atomic mass is 32.1. The van der Waals surface area contributed by atoms with E-state index in [2.05, 4.69) is 29.7 Å². The maximum atomic E-state index is 12.1. The highest BCUT2D eigenvalue weighted by molar-refractivity contribution is 7.80. The van der Waals surface area contributed by atoms with Crippen molar-refractivity contribution in [1.29, 1.82) is 0 Å². The van der Waals surface area contributed by atoms with Crippen LogP contribution in [0.25, 0.3) is 0 Å². The van der Waals surface area contributed by atoms with Crippen LogP contribution < -0.4 is 10.6 Å². The van der Waals surface area contributed by atoms with E-state index in [1.54, 1.807) is 0 Å². The Kier molecular flexibility index (Phi) is 7.53. The molecule has 1 saturated carbocycles. The summed E-state index contributed by atoms with van der Waals surface area (Å²) in [5.74, 6) is 0.764. The van der Waals surface area contributed by atoms with Crippen molar-refractivity contribution in [3.63, 3.8) is 0 Å². The van der Waals surface area contributed by atoms with Crippen molar-refractivity contribution in [2.45, 2.75) is 64.3 Å². The summed E-state index contributed by atoms with van der Waals surface area (Å²) in [6.45, 7) is 2.11. The number of thiocarbonyl (C=S) groups is 1. The van der Waals surface area contributed by atoms with Gasteiger partial charge in [-0.15, -0.1) is 0 Å². The second-order valence-electron chi connectivity index (χ2n) is 6.44. The van der Waals surface area contributed by atoms with Crippen molar-refractivity contribution in [3.05, 3.63) is 35.9 Å². The molecule has 0 heterocycles. The fourth-order valence-corrected chi connectivity index (χ4v) is 3.56. The van der Waals surface area contributed by atoms with E-state index in [0.29, 0.717) is 11.5 Å². The maximum absolute atomic E-state index is 12.1. The molecule has 126 valence electrons. The smallest absolute Gasteiger partial charge is 0.226 e. The second kappa shape index (κ2) is 9.66. The quantitative estimate of drug-likeness (QED) is 0.754. The number of carbonyl (C=O) groups excluding carboxylic acids is 1. The van der Waals surface area contributed by atoms with Crippen LogP contribution in [0.3, 0.4) is 0 Å². The molecule has 1 atom stereocenters. The lowest BCUT2D eigenvalue weighted by molar-refractivity contribution is -0.120. The van der Waals surface area contributed by atoms with Gasteiger partial charge < -0.3 is 10.6 Å². The van der Waals surface area contributed by atoms with Gasteiger partial charge in [0.25, 0.3) is 0 Å². The molecule has 0 spiro atoms. The minimum absolute atomic E-state index is 0.0380. The van der Waals surface area contributed by atoms with Crippen LogP contribution in [-0.4, -0.2) is 11.0 Å². The topological polar surface area (TPSA) is 41.1 Å². The zero-order valence-corrected chi connectivity index (χ0v) is 14.8. The lowest BCUT2D eigenvalue weighted by atomic mass is 9.86. The Hall–Kier alpha value is -1.42. The molecule has 23 heavy (non-hydrogen) atoms. The Morgan fingerprint density at radius 1 is 1.22 bits per heavy atom. The van der Waals surface area contributed by atoms with Gasteiger partial charge in [0.05, 0.1) is 6.04 Å². The van der Waals surface area contributed by atoms with E-state index < -0.39 is 0 Å². The summed E-state index contributed by atoms with van der Waals surface area (Å²) < 4.78 is 0. The first kappa shape index (κ1) is 17.9. The molecule has 1 aliphatic carbocycles. The third kappa shape index (κ3) is 6.30. The summed E-state index contributed by atoms with van der Waals surface area (Å²) in [7, 11) is 0. The molecular weight excluding hydrogens is 304 g/mol. The standard InChI is InChI=1S/C19H28N2OS/c1-2-17(16-11-7-4-8-12-16)20-19(23)21-18(22)14-13-15-9-5-3-6-10-15/h4,7-8,11-12,15,17H,2-3,5-6,9-10,13-14H2,1H3,(H2,20,21,22,23). The number of hydrogen-bond acceptors (Lipinski definition) is 2. The van der Waals surface area contributed by atoms with Gasteiger partial charge in [0.2, 0.25) is 5.91 Å². The summed E-state index contributed by atoms with van der Waals surface area (Å²) in [6, 6.07) is 10.3. The number of benzene rings is 1. The average molecular weight is 333 g/mol. The molecule has 2 rings (SSSR count). The Morgan fingerprint density at radius 3 is 2.57 bits per heavy atom. The molecule has 1 fully saturated rings. The molecule has 3 nitrogen and oxygen atoms in total. The van der Waals surface area contributed by atoms with E-state index in [0.717, 1.165) is 18.8 Å². The Bertz CT molecular complexity index is 497. The first-order chi connectivity index (χ1) is 11.2. The van der Waals surface area contributed by atoms with Crippen molar-refractivity contribution in [2.75, 3.05) is 0 Å². The molecule has 0 radical (unpaired) electrons. The van der Waals surface area contributed by atoms with Gasteiger partial charge in [0, 0.05) is 6.42 Å². The van der Waals surface area contributed by atoms with Gasteiger partial charge in [0.1, 0.15) is 0 Å². The molecule has 4 heteroatoms. The van der Waals surface area contributed by atoms with Gasteiger partial charge in [-0.1, -0.05) is 69.4 Å². The van der Waals surface area contributed by atoms with Gasteiger partial charge in [-0.2, -0.15) is 0 Å². The zero-order chi connectivity index (χ0) is 16.5. The minimum atomic E-state index is 0.0380. The summed E-state index contributed by atoms with van der Waals surface area (Å²) in [5, 5.41) is 6.53. The van der Waals surface area contributed by atoms with Crippen LogP contribution in [0.4, 0.5) is 0 Å². The molecule has 0 aromatic heterocycles. The molecule has 1 aromatic carbocycles. The number of hydrogen-bond donors (Lipinski definition) is 2. The minimum Gasteiger partial charge on any atom is -0.356 e. The summed E-state index contributed by atoms with van der Waals surface area (Å²) in [6.07, 6.45) is 9.04. The fraction of sp³-hybridized carbons (Fsp3) is 0.579. The summed E-state index contributed by atoms with van der Waals surface area (Å²) in [4.78, 5) is 12.1. The van der Waals surface area contributed by atoms with E-state index in [-0.39, 0.29) is 11.9 Å². The Balaban J connectivity index is 1.73. The lowest BCUT2D eigenvalue weighted by Crippen LogP contribution is -2.41. The van der Waals surface area contributed by atoms with Crippen molar-refractivity contribution in [3.8, 4) is 0 Å². The monoisotopic (exact) mass is 332 g/mol. The number of amides is 1. The summed E-state index contributed by atoms with van der Waals surface area (Å²) in [5.41, 5.74) is 1.19. The molecule has 1 unspecified atom stereocenters. The first-order valence-corrected chi connectivity index (χ1v) is 9.25. The number of carbonyl (C=O) groups is 1. The van der Waals surface area contributed by atoms with Crippen molar-refractivity contribution in [1.82, 2.24) is 10.6 Å². The average Bonchev–Trinajstić information content (AvgIpc) is 2.59.